The number of aromatic nitrogens is 1. The van der Waals surface area contributed by atoms with E-state index in [0.29, 0.717) is 0 Å². The van der Waals surface area contributed by atoms with E-state index < -0.39 is 0 Å². The lowest BCUT2D eigenvalue weighted by Gasteiger charge is -2.34. The van der Waals surface area contributed by atoms with Gasteiger partial charge in [-0.1, -0.05) is 17.2 Å². The van der Waals surface area contributed by atoms with Crippen molar-refractivity contribution in [2.45, 2.75) is 20.4 Å². The lowest BCUT2D eigenvalue weighted by Crippen LogP contribution is -2.48. The molecule has 0 spiro atoms. The Morgan fingerprint density at radius 2 is 1.70 bits per heavy atom. The van der Waals surface area contributed by atoms with Crippen LogP contribution in [-0.2, 0) is 6.54 Å². The third-order valence-electron chi connectivity index (χ3n) is 5.40. The summed E-state index contributed by atoms with van der Waals surface area (Å²) in [6.45, 7) is 8.13. The predicted molar refractivity (Wildman–Crippen MR) is 121 cm³/mol. The van der Waals surface area contributed by atoms with E-state index in [1.54, 1.807) is 18.4 Å². The second kappa shape index (κ2) is 8.98. The van der Waals surface area contributed by atoms with Crippen molar-refractivity contribution in [3.05, 3.63) is 70.2 Å². The molecule has 1 fully saturated rings. The number of piperazine rings is 1. The van der Waals surface area contributed by atoms with E-state index in [0.717, 1.165) is 71.4 Å². The minimum atomic E-state index is 0.136. The van der Waals surface area contributed by atoms with Gasteiger partial charge in [0.25, 0.3) is 5.91 Å². The van der Waals surface area contributed by atoms with E-state index in [1.807, 2.05) is 55.1 Å². The van der Waals surface area contributed by atoms with Gasteiger partial charge in [0.1, 0.15) is 10.8 Å². The second-order valence-electron chi connectivity index (χ2n) is 7.82. The van der Waals surface area contributed by atoms with Crippen molar-refractivity contribution in [2.24, 2.45) is 0 Å². The van der Waals surface area contributed by atoms with Gasteiger partial charge in [-0.05, 0) is 50.2 Å². The van der Waals surface area contributed by atoms with Gasteiger partial charge in [-0.2, -0.15) is 0 Å². The zero-order chi connectivity index (χ0) is 21.1. The maximum Gasteiger partial charge on any atom is 0.253 e. The molecule has 5 nitrogen and oxygen atoms in total. The number of carbonyl (C=O) groups excluding carboxylic acids is 1. The number of benzene rings is 2. The van der Waals surface area contributed by atoms with Crippen molar-refractivity contribution >= 4 is 17.2 Å². The first-order chi connectivity index (χ1) is 14.5. The molecule has 1 amide bonds. The van der Waals surface area contributed by atoms with Gasteiger partial charge in [-0.25, -0.2) is 4.98 Å². The molecule has 4 rings (SSSR count). The van der Waals surface area contributed by atoms with Crippen LogP contribution in [-0.4, -0.2) is 54.0 Å². The second-order valence-corrected chi connectivity index (χ2v) is 8.68. The Labute approximate surface area is 181 Å². The Balaban J connectivity index is 1.33. The van der Waals surface area contributed by atoms with Crippen LogP contribution >= 0.6 is 11.3 Å². The third kappa shape index (κ3) is 4.71. The number of hydrogen-bond donors (Lipinski definition) is 0. The molecule has 6 heteroatoms. The molecule has 0 bridgehead atoms. The molecule has 0 unspecified atom stereocenters. The zero-order valence-corrected chi connectivity index (χ0v) is 18.5. The summed E-state index contributed by atoms with van der Waals surface area (Å²) >= 11 is 1.67. The number of amides is 1. The number of carbonyl (C=O) groups is 1. The Morgan fingerprint density at radius 3 is 2.33 bits per heavy atom. The molecular formula is C24H27N3O2S. The summed E-state index contributed by atoms with van der Waals surface area (Å²) in [5.74, 6) is 0.987. The van der Waals surface area contributed by atoms with E-state index in [4.69, 9.17) is 9.72 Å². The average Bonchev–Trinajstić information content (AvgIpc) is 3.21. The molecule has 0 N–H and O–H groups in total. The van der Waals surface area contributed by atoms with Crippen LogP contribution in [0.15, 0.2) is 47.8 Å². The van der Waals surface area contributed by atoms with Crippen molar-refractivity contribution in [3.8, 4) is 16.3 Å². The molecule has 0 radical (unpaired) electrons. The number of hydrogen-bond acceptors (Lipinski definition) is 5. The van der Waals surface area contributed by atoms with Crippen molar-refractivity contribution in [1.82, 2.24) is 14.8 Å². The molecule has 30 heavy (non-hydrogen) atoms. The number of methoxy groups -OCH3 is 1. The highest BCUT2D eigenvalue weighted by Gasteiger charge is 2.23. The quantitative estimate of drug-likeness (QED) is 0.613. The highest BCUT2D eigenvalue weighted by Crippen LogP contribution is 2.26. The van der Waals surface area contributed by atoms with Gasteiger partial charge in [0.15, 0.2) is 0 Å². The monoisotopic (exact) mass is 421 g/mol. The molecule has 0 atom stereocenters. The lowest BCUT2D eigenvalue weighted by atomic mass is 10.1. The Morgan fingerprint density at radius 1 is 1.03 bits per heavy atom. The number of thiazole rings is 1. The topological polar surface area (TPSA) is 45.7 Å². The Hall–Kier alpha value is -2.70. The summed E-state index contributed by atoms with van der Waals surface area (Å²) in [5.41, 5.74) is 5.25. The molecule has 156 valence electrons. The largest absolute Gasteiger partial charge is 0.497 e. The van der Waals surface area contributed by atoms with Crippen LogP contribution < -0.4 is 4.74 Å². The Bertz CT molecular complexity index is 1000. The maximum absolute atomic E-state index is 12.9. The van der Waals surface area contributed by atoms with Crippen LogP contribution in [0, 0.1) is 13.8 Å². The molecule has 2 aromatic carbocycles. The van der Waals surface area contributed by atoms with E-state index in [1.165, 1.54) is 0 Å². The molecule has 0 aliphatic carbocycles. The van der Waals surface area contributed by atoms with Gasteiger partial charge in [0.2, 0.25) is 0 Å². The first kappa shape index (κ1) is 20.6. The summed E-state index contributed by atoms with van der Waals surface area (Å²) in [6, 6.07) is 14.1. The summed E-state index contributed by atoms with van der Waals surface area (Å²) < 4.78 is 5.22. The highest BCUT2D eigenvalue weighted by molar-refractivity contribution is 7.13. The average molecular weight is 422 g/mol. The molecule has 1 saturated heterocycles. The van der Waals surface area contributed by atoms with Crippen molar-refractivity contribution < 1.29 is 9.53 Å². The van der Waals surface area contributed by atoms with Gasteiger partial charge in [-0.3, -0.25) is 9.69 Å². The minimum Gasteiger partial charge on any atom is -0.497 e. The van der Waals surface area contributed by atoms with Crippen LogP contribution in [0.5, 0.6) is 5.75 Å². The fourth-order valence-corrected chi connectivity index (χ4v) is 4.68. The standard InChI is InChI=1S/C24H27N3O2S/c1-17-12-18(2)14-20(13-17)24(28)27-10-8-26(9-11-27)15-21-16-30-23(25-21)19-4-6-22(29-3)7-5-19/h4-7,12-14,16H,8-11,15H2,1-3H3. The third-order valence-corrected chi connectivity index (χ3v) is 6.34. The smallest absolute Gasteiger partial charge is 0.253 e. The normalized spacial score (nSPS) is 14.7. The molecule has 0 saturated carbocycles. The molecule has 1 aliphatic heterocycles. The van der Waals surface area contributed by atoms with E-state index >= 15 is 0 Å². The van der Waals surface area contributed by atoms with Crippen LogP contribution in [0.1, 0.15) is 27.2 Å². The van der Waals surface area contributed by atoms with Gasteiger partial charge in [0.05, 0.1) is 12.8 Å². The van der Waals surface area contributed by atoms with E-state index in [9.17, 15) is 4.79 Å². The van der Waals surface area contributed by atoms with Crippen LogP contribution in [0.3, 0.4) is 0 Å². The molecule has 2 heterocycles. The first-order valence-electron chi connectivity index (χ1n) is 10.2. The fraction of sp³-hybridized carbons (Fsp3) is 0.333. The van der Waals surface area contributed by atoms with Gasteiger partial charge >= 0.3 is 0 Å². The molecule has 1 aliphatic rings. The summed E-state index contributed by atoms with van der Waals surface area (Å²) in [6.07, 6.45) is 0. The van der Waals surface area contributed by atoms with Crippen molar-refractivity contribution in [1.29, 1.82) is 0 Å². The zero-order valence-electron chi connectivity index (χ0n) is 17.7. The predicted octanol–water partition coefficient (Wildman–Crippen LogP) is 4.39. The number of rotatable bonds is 5. The minimum absolute atomic E-state index is 0.136. The molecular weight excluding hydrogens is 394 g/mol. The SMILES string of the molecule is COc1ccc(-c2nc(CN3CCN(C(=O)c4cc(C)cc(C)c4)CC3)cs2)cc1. The van der Waals surface area contributed by atoms with E-state index in [2.05, 4.69) is 16.3 Å². The van der Waals surface area contributed by atoms with Crippen LogP contribution in [0.25, 0.3) is 10.6 Å². The fourth-order valence-electron chi connectivity index (χ4n) is 3.86. The maximum atomic E-state index is 12.9. The lowest BCUT2D eigenvalue weighted by molar-refractivity contribution is 0.0627. The molecule has 3 aromatic rings. The van der Waals surface area contributed by atoms with Crippen molar-refractivity contribution in [3.63, 3.8) is 0 Å². The number of ether oxygens (including phenoxy) is 1. The number of aryl methyl sites for hydroxylation is 2. The first-order valence-corrected chi connectivity index (χ1v) is 11.1. The van der Waals surface area contributed by atoms with Gasteiger partial charge in [-0.15, -0.1) is 11.3 Å². The van der Waals surface area contributed by atoms with Crippen LogP contribution in [0.4, 0.5) is 0 Å². The Kier molecular flexibility index (Phi) is 6.16. The van der Waals surface area contributed by atoms with E-state index in [-0.39, 0.29) is 5.91 Å². The highest BCUT2D eigenvalue weighted by atomic mass is 32.1. The molecule has 1 aromatic heterocycles. The summed E-state index contributed by atoms with van der Waals surface area (Å²) in [4.78, 5) is 22.0. The number of nitrogens with zero attached hydrogens (tertiary/aromatic N) is 3. The summed E-state index contributed by atoms with van der Waals surface area (Å²) in [7, 11) is 1.67. The van der Waals surface area contributed by atoms with Crippen LogP contribution in [0.2, 0.25) is 0 Å². The van der Waals surface area contributed by atoms with Crippen molar-refractivity contribution in [2.75, 3.05) is 33.3 Å². The summed E-state index contributed by atoms with van der Waals surface area (Å²) in [5, 5.41) is 3.16. The van der Waals surface area contributed by atoms with Gasteiger partial charge < -0.3 is 9.64 Å². The van der Waals surface area contributed by atoms with Gasteiger partial charge in [0, 0.05) is 49.2 Å².